The summed E-state index contributed by atoms with van der Waals surface area (Å²) in [6.45, 7) is 5.60. The summed E-state index contributed by atoms with van der Waals surface area (Å²) in [6, 6.07) is 1.64. The smallest absolute Gasteiger partial charge is 0.231 e. The third-order valence-corrected chi connectivity index (χ3v) is 2.31. The summed E-state index contributed by atoms with van der Waals surface area (Å²) >= 11 is 5.74. The Morgan fingerprint density at radius 1 is 1.60 bits per heavy atom. The molecule has 0 saturated heterocycles. The number of rotatable bonds is 3. The summed E-state index contributed by atoms with van der Waals surface area (Å²) < 4.78 is 0. The Morgan fingerprint density at radius 2 is 2.27 bits per heavy atom. The quantitative estimate of drug-likeness (QED) is 0.807. The molecule has 4 nitrogen and oxygen atoms in total. The van der Waals surface area contributed by atoms with Crippen LogP contribution in [0.3, 0.4) is 0 Å². The van der Waals surface area contributed by atoms with E-state index in [0.717, 1.165) is 12.1 Å². The van der Waals surface area contributed by atoms with Gasteiger partial charge in [-0.15, -0.1) is 0 Å². The summed E-state index contributed by atoms with van der Waals surface area (Å²) in [5, 5.41) is 2.96. The first-order valence-corrected chi connectivity index (χ1v) is 5.22. The van der Waals surface area contributed by atoms with Crippen LogP contribution in [0.15, 0.2) is 6.07 Å². The minimum atomic E-state index is -0.0841. The predicted octanol–water partition coefficient (Wildman–Crippen LogP) is 2.42. The van der Waals surface area contributed by atoms with E-state index in [0.29, 0.717) is 5.15 Å². The molecule has 82 valence electrons. The standard InChI is InChI=1S/C10H14ClN3O/c1-4-6(2)9(15)14-10-12-7(3)5-8(11)13-10/h5-6H,4H2,1-3H3,(H,12,13,14,15). The van der Waals surface area contributed by atoms with Gasteiger partial charge in [0, 0.05) is 11.6 Å². The Kier molecular flexibility index (Phi) is 4.03. The number of aromatic nitrogens is 2. The van der Waals surface area contributed by atoms with Crippen LogP contribution in [0.5, 0.6) is 0 Å². The molecule has 0 fully saturated rings. The number of nitrogens with zero attached hydrogens (tertiary/aromatic N) is 2. The topological polar surface area (TPSA) is 54.9 Å². The van der Waals surface area contributed by atoms with Crippen molar-refractivity contribution in [2.24, 2.45) is 5.92 Å². The number of nitrogens with one attached hydrogen (secondary N) is 1. The lowest BCUT2D eigenvalue weighted by molar-refractivity contribution is -0.119. The van der Waals surface area contributed by atoms with Crippen LogP contribution < -0.4 is 5.32 Å². The van der Waals surface area contributed by atoms with Crippen LogP contribution in [0.2, 0.25) is 5.15 Å². The van der Waals surface area contributed by atoms with Gasteiger partial charge >= 0.3 is 0 Å². The van der Waals surface area contributed by atoms with Crippen molar-refractivity contribution >= 4 is 23.5 Å². The number of aryl methyl sites for hydroxylation is 1. The Bertz CT molecular complexity index is 347. The molecule has 0 aliphatic carbocycles. The van der Waals surface area contributed by atoms with E-state index >= 15 is 0 Å². The van der Waals surface area contributed by atoms with E-state index in [1.54, 1.807) is 13.0 Å². The van der Waals surface area contributed by atoms with Crippen LogP contribution >= 0.6 is 11.6 Å². The zero-order valence-corrected chi connectivity index (χ0v) is 9.80. The largest absolute Gasteiger partial charge is 0.294 e. The van der Waals surface area contributed by atoms with Gasteiger partial charge in [0.25, 0.3) is 0 Å². The van der Waals surface area contributed by atoms with E-state index in [-0.39, 0.29) is 17.8 Å². The highest BCUT2D eigenvalue weighted by Gasteiger charge is 2.12. The van der Waals surface area contributed by atoms with Crippen molar-refractivity contribution in [3.8, 4) is 0 Å². The number of hydrogen-bond acceptors (Lipinski definition) is 3. The molecule has 0 aromatic carbocycles. The maximum Gasteiger partial charge on any atom is 0.231 e. The molecular formula is C10H14ClN3O. The molecular weight excluding hydrogens is 214 g/mol. The zero-order chi connectivity index (χ0) is 11.4. The fourth-order valence-corrected chi connectivity index (χ4v) is 1.24. The van der Waals surface area contributed by atoms with Gasteiger partial charge in [0.15, 0.2) is 0 Å². The van der Waals surface area contributed by atoms with Gasteiger partial charge < -0.3 is 0 Å². The molecule has 1 rings (SSSR count). The van der Waals surface area contributed by atoms with Crippen molar-refractivity contribution in [2.45, 2.75) is 27.2 Å². The number of amides is 1. The van der Waals surface area contributed by atoms with Gasteiger partial charge in [-0.2, -0.15) is 0 Å². The Morgan fingerprint density at radius 3 is 2.80 bits per heavy atom. The lowest BCUT2D eigenvalue weighted by Gasteiger charge is -2.08. The molecule has 0 aliphatic rings. The number of anilines is 1. The highest BCUT2D eigenvalue weighted by atomic mass is 35.5. The molecule has 0 bridgehead atoms. The van der Waals surface area contributed by atoms with Gasteiger partial charge in [0.2, 0.25) is 11.9 Å². The molecule has 0 spiro atoms. The van der Waals surface area contributed by atoms with Gasteiger partial charge in [0.1, 0.15) is 5.15 Å². The van der Waals surface area contributed by atoms with Gasteiger partial charge in [-0.3, -0.25) is 10.1 Å². The molecule has 0 aliphatic heterocycles. The molecule has 1 aromatic heterocycles. The molecule has 15 heavy (non-hydrogen) atoms. The minimum Gasteiger partial charge on any atom is -0.294 e. The van der Waals surface area contributed by atoms with Crippen LogP contribution in [0.25, 0.3) is 0 Å². The normalized spacial score (nSPS) is 12.3. The van der Waals surface area contributed by atoms with Gasteiger partial charge in [-0.25, -0.2) is 9.97 Å². The SMILES string of the molecule is CCC(C)C(=O)Nc1nc(C)cc(Cl)n1. The van der Waals surface area contributed by atoms with E-state index in [4.69, 9.17) is 11.6 Å². The average molecular weight is 228 g/mol. The molecule has 1 heterocycles. The molecule has 1 N–H and O–H groups in total. The van der Waals surface area contributed by atoms with E-state index < -0.39 is 0 Å². The first-order valence-electron chi connectivity index (χ1n) is 4.85. The van der Waals surface area contributed by atoms with Crippen molar-refractivity contribution in [2.75, 3.05) is 5.32 Å². The van der Waals surface area contributed by atoms with Crippen LogP contribution in [-0.2, 0) is 4.79 Å². The molecule has 0 saturated carbocycles. The van der Waals surface area contributed by atoms with Crippen LogP contribution in [0, 0.1) is 12.8 Å². The molecule has 1 unspecified atom stereocenters. The second-order valence-corrected chi connectivity index (χ2v) is 3.84. The van der Waals surface area contributed by atoms with Crippen LogP contribution in [0.1, 0.15) is 26.0 Å². The lowest BCUT2D eigenvalue weighted by Crippen LogP contribution is -2.21. The highest BCUT2D eigenvalue weighted by Crippen LogP contribution is 2.11. The fourth-order valence-electron chi connectivity index (χ4n) is 1.00. The van der Waals surface area contributed by atoms with E-state index in [9.17, 15) is 4.79 Å². The zero-order valence-electron chi connectivity index (χ0n) is 9.04. The van der Waals surface area contributed by atoms with Crippen molar-refractivity contribution in [1.29, 1.82) is 0 Å². The fraction of sp³-hybridized carbons (Fsp3) is 0.500. The third kappa shape index (κ3) is 3.47. The average Bonchev–Trinajstić information content (AvgIpc) is 2.14. The van der Waals surface area contributed by atoms with Gasteiger partial charge in [0.05, 0.1) is 0 Å². The molecule has 0 radical (unpaired) electrons. The van der Waals surface area contributed by atoms with Crippen LogP contribution in [-0.4, -0.2) is 15.9 Å². The predicted molar refractivity (Wildman–Crippen MR) is 59.9 cm³/mol. The summed E-state index contributed by atoms with van der Waals surface area (Å²) in [5.41, 5.74) is 0.731. The third-order valence-electron chi connectivity index (χ3n) is 2.12. The molecule has 5 heteroatoms. The van der Waals surface area contributed by atoms with E-state index in [2.05, 4.69) is 15.3 Å². The monoisotopic (exact) mass is 227 g/mol. The second kappa shape index (κ2) is 5.07. The molecule has 1 aromatic rings. The minimum absolute atomic E-state index is 0.0483. The number of carbonyl (C=O) groups excluding carboxylic acids is 1. The van der Waals surface area contributed by atoms with E-state index in [1.165, 1.54) is 0 Å². The van der Waals surface area contributed by atoms with Crippen molar-refractivity contribution in [3.05, 3.63) is 16.9 Å². The van der Waals surface area contributed by atoms with Crippen molar-refractivity contribution < 1.29 is 4.79 Å². The summed E-state index contributed by atoms with van der Waals surface area (Å²) in [4.78, 5) is 19.5. The number of carbonyl (C=O) groups is 1. The Labute approximate surface area is 94.1 Å². The van der Waals surface area contributed by atoms with Crippen molar-refractivity contribution in [1.82, 2.24) is 9.97 Å². The number of halogens is 1. The number of hydrogen-bond donors (Lipinski definition) is 1. The Hall–Kier alpha value is -1.16. The summed E-state index contributed by atoms with van der Waals surface area (Å²) in [7, 11) is 0. The summed E-state index contributed by atoms with van der Waals surface area (Å²) in [5.74, 6) is 0.136. The maximum atomic E-state index is 11.5. The summed E-state index contributed by atoms with van der Waals surface area (Å²) in [6.07, 6.45) is 0.783. The van der Waals surface area contributed by atoms with E-state index in [1.807, 2.05) is 13.8 Å². The van der Waals surface area contributed by atoms with Gasteiger partial charge in [-0.05, 0) is 19.4 Å². The second-order valence-electron chi connectivity index (χ2n) is 3.45. The highest BCUT2D eigenvalue weighted by molar-refractivity contribution is 6.29. The van der Waals surface area contributed by atoms with Crippen LogP contribution in [0.4, 0.5) is 5.95 Å². The van der Waals surface area contributed by atoms with Gasteiger partial charge in [-0.1, -0.05) is 25.4 Å². The molecule has 1 atom stereocenters. The molecule has 1 amide bonds. The maximum absolute atomic E-state index is 11.5. The first kappa shape index (κ1) is 11.9. The lowest BCUT2D eigenvalue weighted by atomic mass is 10.1. The first-order chi connectivity index (χ1) is 7.02. The Balaban J connectivity index is 2.76. The van der Waals surface area contributed by atoms with Crippen molar-refractivity contribution in [3.63, 3.8) is 0 Å².